The second-order valence-electron chi connectivity index (χ2n) is 3.43. The zero-order valence-corrected chi connectivity index (χ0v) is 9.70. The van der Waals surface area contributed by atoms with Crippen LogP contribution in [0.3, 0.4) is 0 Å². The maximum absolute atomic E-state index is 5.83. The van der Waals surface area contributed by atoms with E-state index in [2.05, 4.69) is 15.3 Å². The Morgan fingerprint density at radius 2 is 1.69 bits per heavy atom. The van der Waals surface area contributed by atoms with Gasteiger partial charge in [0, 0.05) is 23.0 Å². The van der Waals surface area contributed by atoms with Gasteiger partial charge in [-0.05, 0) is 24.7 Å². The van der Waals surface area contributed by atoms with Gasteiger partial charge in [-0.25, -0.2) is 9.97 Å². The summed E-state index contributed by atoms with van der Waals surface area (Å²) in [7, 11) is 1.87. The predicted octanol–water partition coefficient (Wildman–Crippen LogP) is 2.52. The van der Waals surface area contributed by atoms with Crippen molar-refractivity contribution < 1.29 is 0 Å². The van der Waals surface area contributed by atoms with Gasteiger partial charge in [0.2, 0.25) is 0 Å². The summed E-state index contributed by atoms with van der Waals surface area (Å²) in [6.07, 6.45) is 3.64. The molecule has 1 aromatic carbocycles. The average Bonchev–Trinajstić information content (AvgIpc) is 2.32. The lowest BCUT2D eigenvalue weighted by Crippen LogP contribution is -2.08. The molecule has 0 bridgehead atoms. The molecule has 0 amide bonds. The molecule has 1 N–H and O–H groups in total. The van der Waals surface area contributed by atoms with Crippen molar-refractivity contribution in [2.75, 3.05) is 7.05 Å². The van der Waals surface area contributed by atoms with E-state index in [4.69, 9.17) is 11.6 Å². The number of rotatable bonds is 3. The zero-order valence-electron chi connectivity index (χ0n) is 8.94. The number of hydrogen-bond donors (Lipinski definition) is 1. The third kappa shape index (κ3) is 2.56. The van der Waals surface area contributed by atoms with E-state index in [1.807, 2.05) is 43.7 Å². The number of nitrogens with one attached hydrogen (secondary N) is 1. The molecule has 0 atom stereocenters. The Kier molecular flexibility index (Phi) is 3.49. The Bertz CT molecular complexity index is 451. The van der Waals surface area contributed by atoms with E-state index in [1.165, 1.54) is 0 Å². The summed E-state index contributed by atoms with van der Waals surface area (Å²) in [5.41, 5.74) is 2.07. The summed E-state index contributed by atoms with van der Waals surface area (Å²) >= 11 is 5.83. The second-order valence-corrected chi connectivity index (χ2v) is 3.86. The number of aromatic nitrogens is 2. The highest BCUT2D eigenvalue weighted by molar-refractivity contribution is 6.30. The Morgan fingerprint density at radius 1 is 1.06 bits per heavy atom. The van der Waals surface area contributed by atoms with E-state index < -0.39 is 0 Å². The Hall–Kier alpha value is -1.45. The largest absolute Gasteiger partial charge is 0.313 e. The van der Waals surface area contributed by atoms with Crippen LogP contribution in [-0.2, 0) is 6.54 Å². The molecule has 1 heterocycles. The minimum atomic E-state index is 0.681. The van der Waals surface area contributed by atoms with Crippen LogP contribution in [0.25, 0.3) is 11.1 Å². The summed E-state index contributed by atoms with van der Waals surface area (Å²) in [6, 6.07) is 7.63. The highest BCUT2D eigenvalue weighted by atomic mass is 35.5. The molecule has 0 spiro atoms. The van der Waals surface area contributed by atoms with Gasteiger partial charge in [0.05, 0.1) is 6.54 Å². The zero-order chi connectivity index (χ0) is 11.4. The molecule has 3 nitrogen and oxygen atoms in total. The minimum absolute atomic E-state index is 0.681. The van der Waals surface area contributed by atoms with Gasteiger partial charge in [-0.1, -0.05) is 23.7 Å². The van der Waals surface area contributed by atoms with Crippen molar-refractivity contribution in [1.29, 1.82) is 0 Å². The normalized spacial score (nSPS) is 10.4. The quantitative estimate of drug-likeness (QED) is 0.885. The molecule has 0 saturated heterocycles. The minimum Gasteiger partial charge on any atom is -0.313 e. The first-order valence-corrected chi connectivity index (χ1v) is 5.39. The fourth-order valence-corrected chi connectivity index (χ4v) is 1.52. The third-order valence-electron chi connectivity index (χ3n) is 2.22. The first-order chi connectivity index (χ1) is 7.79. The summed E-state index contributed by atoms with van der Waals surface area (Å²) in [4.78, 5) is 8.52. The lowest BCUT2D eigenvalue weighted by molar-refractivity contribution is 0.758. The Morgan fingerprint density at radius 3 is 2.25 bits per heavy atom. The van der Waals surface area contributed by atoms with Crippen LogP contribution in [0.5, 0.6) is 0 Å². The van der Waals surface area contributed by atoms with Crippen molar-refractivity contribution in [3.63, 3.8) is 0 Å². The van der Waals surface area contributed by atoms with Crippen molar-refractivity contribution in [3.05, 3.63) is 47.5 Å². The fraction of sp³-hybridized carbons (Fsp3) is 0.167. The number of hydrogen-bond acceptors (Lipinski definition) is 3. The van der Waals surface area contributed by atoms with E-state index in [0.717, 1.165) is 22.0 Å². The number of benzene rings is 1. The molecule has 0 unspecified atom stereocenters. The molecule has 1 aromatic heterocycles. The molecule has 0 fully saturated rings. The van der Waals surface area contributed by atoms with Crippen LogP contribution in [0.15, 0.2) is 36.7 Å². The fourth-order valence-electron chi connectivity index (χ4n) is 1.40. The van der Waals surface area contributed by atoms with E-state index >= 15 is 0 Å². The molecule has 0 saturated carbocycles. The standard InChI is InChI=1S/C12H12ClN3/c1-14-8-12-15-6-10(7-16-12)9-2-4-11(13)5-3-9/h2-7,14H,8H2,1H3. The SMILES string of the molecule is CNCc1ncc(-c2ccc(Cl)cc2)cn1. The van der Waals surface area contributed by atoms with Gasteiger partial charge in [0.15, 0.2) is 0 Å². The molecule has 82 valence electrons. The first kappa shape index (κ1) is 11.0. The molecule has 4 heteroatoms. The van der Waals surface area contributed by atoms with Crippen LogP contribution in [0.4, 0.5) is 0 Å². The van der Waals surface area contributed by atoms with E-state index in [-0.39, 0.29) is 0 Å². The van der Waals surface area contributed by atoms with Gasteiger partial charge in [-0.3, -0.25) is 0 Å². The molecule has 0 aliphatic heterocycles. The monoisotopic (exact) mass is 233 g/mol. The Balaban J connectivity index is 2.24. The van der Waals surface area contributed by atoms with Crippen molar-refractivity contribution in [3.8, 4) is 11.1 Å². The molecule has 2 aromatic rings. The molecule has 2 rings (SSSR count). The van der Waals surface area contributed by atoms with Crippen molar-refractivity contribution in [2.24, 2.45) is 0 Å². The average molecular weight is 234 g/mol. The van der Waals surface area contributed by atoms with Crippen LogP contribution in [0.1, 0.15) is 5.82 Å². The predicted molar refractivity (Wildman–Crippen MR) is 65.2 cm³/mol. The molecule has 0 aliphatic carbocycles. The highest BCUT2D eigenvalue weighted by Crippen LogP contribution is 2.19. The summed E-state index contributed by atoms with van der Waals surface area (Å²) in [5.74, 6) is 0.792. The summed E-state index contributed by atoms with van der Waals surface area (Å²) < 4.78 is 0. The number of halogens is 1. The van der Waals surface area contributed by atoms with E-state index in [0.29, 0.717) is 6.54 Å². The van der Waals surface area contributed by atoms with Gasteiger partial charge in [-0.15, -0.1) is 0 Å². The van der Waals surface area contributed by atoms with Gasteiger partial charge < -0.3 is 5.32 Å². The molecular formula is C12H12ClN3. The molecule has 0 radical (unpaired) electrons. The van der Waals surface area contributed by atoms with Crippen LogP contribution < -0.4 is 5.32 Å². The maximum Gasteiger partial charge on any atom is 0.141 e. The van der Waals surface area contributed by atoms with Crippen LogP contribution in [0, 0.1) is 0 Å². The second kappa shape index (κ2) is 5.05. The molecule has 0 aliphatic rings. The Labute approximate surface area is 99.5 Å². The summed E-state index contributed by atoms with van der Waals surface area (Å²) in [6.45, 7) is 0.681. The smallest absolute Gasteiger partial charge is 0.141 e. The lowest BCUT2D eigenvalue weighted by Gasteiger charge is -2.02. The van der Waals surface area contributed by atoms with Gasteiger partial charge in [0.1, 0.15) is 5.82 Å². The van der Waals surface area contributed by atoms with Crippen molar-refractivity contribution in [1.82, 2.24) is 15.3 Å². The van der Waals surface area contributed by atoms with Crippen molar-refractivity contribution >= 4 is 11.6 Å². The molecule has 16 heavy (non-hydrogen) atoms. The van der Waals surface area contributed by atoms with Crippen molar-refractivity contribution in [2.45, 2.75) is 6.54 Å². The maximum atomic E-state index is 5.83. The highest BCUT2D eigenvalue weighted by Gasteiger charge is 1.99. The lowest BCUT2D eigenvalue weighted by atomic mass is 10.1. The van der Waals surface area contributed by atoms with Crippen LogP contribution in [0.2, 0.25) is 5.02 Å². The first-order valence-electron chi connectivity index (χ1n) is 5.01. The van der Waals surface area contributed by atoms with Gasteiger partial charge in [-0.2, -0.15) is 0 Å². The van der Waals surface area contributed by atoms with Gasteiger partial charge >= 0.3 is 0 Å². The van der Waals surface area contributed by atoms with Gasteiger partial charge in [0.25, 0.3) is 0 Å². The summed E-state index contributed by atoms with van der Waals surface area (Å²) in [5, 5.41) is 3.74. The van der Waals surface area contributed by atoms with Crippen LogP contribution in [-0.4, -0.2) is 17.0 Å². The third-order valence-corrected chi connectivity index (χ3v) is 2.47. The van der Waals surface area contributed by atoms with E-state index in [1.54, 1.807) is 0 Å². The van der Waals surface area contributed by atoms with Crippen LogP contribution >= 0.6 is 11.6 Å². The van der Waals surface area contributed by atoms with E-state index in [9.17, 15) is 0 Å². The molecular weight excluding hydrogens is 222 g/mol. The topological polar surface area (TPSA) is 37.8 Å². The number of nitrogens with zero attached hydrogens (tertiary/aromatic N) is 2.